The van der Waals surface area contributed by atoms with Crippen LogP contribution in [0.2, 0.25) is 0 Å². The second-order valence-electron chi connectivity index (χ2n) is 16.2. The number of fused-ring (bicyclic) bond motifs is 2. The highest BCUT2D eigenvalue weighted by Gasteiger charge is 2.95. The SMILES string of the molecule is C=C(OCCC(F)(F)C(F)(F)C(F)(F)C(F)(F)C(F)(F)C(F)(F)C(F)(F)C(F)(F)F)C(C)(C)CC.CCC(C)(C)C(=O)OCCCCCCc1c2ccccc2cc2ccccc12. The minimum Gasteiger partial charge on any atom is -0.498 e. The summed E-state index contributed by atoms with van der Waals surface area (Å²) in [6, 6.07) is 19.7. The van der Waals surface area contributed by atoms with Gasteiger partial charge < -0.3 is 9.47 Å². The molecule has 0 aromatic heterocycles. The van der Waals surface area contributed by atoms with Crippen molar-refractivity contribution in [3.8, 4) is 0 Å². The Balaban J connectivity index is 0.000000442. The van der Waals surface area contributed by atoms with Crippen LogP contribution in [0.25, 0.3) is 21.5 Å². The van der Waals surface area contributed by atoms with E-state index in [1.807, 2.05) is 20.8 Å². The van der Waals surface area contributed by atoms with Crippen molar-refractivity contribution in [1.82, 2.24) is 0 Å². The van der Waals surface area contributed by atoms with E-state index in [0.717, 1.165) is 38.5 Å². The molecule has 0 atom stereocenters. The van der Waals surface area contributed by atoms with Gasteiger partial charge in [-0.15, -0.1) is 0 Å². The van der Waals surface area contributed by atoms with Crippen LogP contribution in [0.3, 0.4) is 0 Å². The fraction of sp³-hybridized carbons (Fsp3) is 0.605. The molecule has 0 heterocycles. The van der Waals surface area contributed by atoms with Gasteiger partial charge in [0.15, 0.2) is 0 Å². The summed E-state index contributed by atoms with van der Waals surface area (Å²) < 4.78 is 234. The van der Waals surface area contributed by atoms with Crippen molar-refractivity contribution >= 4 is 27.5 Å². The van der Waals surface area contributed by atoms with E-state index in [1.54, 1.807) is 0 Å². The lowest BCUT2D eigenvalue weighted by Gasteiger charge is -2.42. The van der Waals surface area contributed by atoms with E-state index in [9.17, 15) is 79.4 Å². The maximum atomic E-state index is 13.7. The Morgan fingerprint density at radius 1 is 0.524 bits per heavy atom. The lowest BCUT2D eigenvalue weighted by Crippen LogP contribution is -2.74. The Bertz CT molecular complexity index is 1950. The summed E-state index contributed by atoms with van der Waals surface area (Å²) in [6.07, 6.45) is -3.97. The number of alkyl halides is 17. The molecule has 358 valence electrons. The van der Waals surface area contributed by atoms with Crippen LogP contribution in [0.5, 0.6) is 0 Å². The van der Waals surface area contributed by atoms with Crippen LogP contribution in [-0.4, -0.2) is 66.8 Å². The monoisotopic (exact) mass is 936 g/mol. The van der Waals surface area contributed by atoms with E-state index < -0.39 is 71.8 Å². The maximum absolute atomic E-state index is 13.7. The molecule has 0 spiro atoms. The molecular formula is C43H49F17O3. The van der Waals surface area contributed by atoms with Gasteiger partial charge in [0, 0.05) is 5.41 Å². The molecule has 0 aliphatic rings. The van der Waals surface area contributed by atoms with Gasteiger partial charge in [-0.25, -0.2) is 0 Å². The molecule has 0 fully saturated rings. The van der Waals surface area contributed by atoms with Gasteiger partial charge in [0.25, 0.3) is 0 Å². The van der Waals surface area contributed by atoms with Crippen LogP contribution >= 0.6 is 0 Å². The van der Waals surface area contributed by atoms with Crippen molar-refractivity contribution in [2.24, 2.45) is 10.8 Å². The second kappa shape index (κ2) is 19.6. The molecule has 3 rings (SSSR count). The first kappa shape index (κ1) is 55.1. The van der Waals surface area contributed by atoms with E-state index in [1.165, 1.54) is 47.9 Å². The minimum absolute atomic E-state index is 0.0720. The van der Waals surface area contributed by atoms with Crippen LogP contribution in [0, 0.1) is 10.8 Å². The molecule has 3 nitrogen and oxygen atoms in total. The minimum atomic E-state index is -8.63. The van der Waals surface area contributed by atoms with Gasteiger partial charge in [-0.1, -0.05) is 95.6 Å². The molecule has 0 aliphatic carbocycles. The number of carbonyl (C=O) groups excluding carboxylic acids is 1. The first-order chi connectivity index (χ1) is 28.5. The first-order valence-electron chi connectivity index (χ1n) is 19.6. The summed E-state index contributed by atoms with van der Waals surface area (Å²) in [5, 5.41) is 5.39. The van der Waals surface area contributed by atoms with Crippen molar-refractivity contribution in [2.45, 2.75) is 141 Å². The van der Waals surface area contributed by atoms with Crippen molar-refractivity contribution in [1.29, 1.82) is 0 Å². The second-order valence-corrected chi connectivity index (χ2v) is 16.2. The Kier molecular flexibility index (Phi) is 17.2. The van der Waals surface area contributed by atoms with Gasteiger partial charge in [0.2, 0.25) is 0 Å². The molecular weight excluding hydrogens is 887 g/mol. The molecule has 0 aliphatic heterocycles. The zero-order chi connectivity index (χ0) is 48.9. The van der Waals surface area contributed by atoms with Crippen LogP contribution in [-0.2, 0) is 20.7 Å². The van der Waals surface area contributed by atoms with Crippen LogP contribution in [0.1, 0.15) is 92.1 Å². The zero-order valence-corrected chi connectivity index (χ0v) is 35.1. The molecule has 20 heteroatoms. The Morgan fingerprint density at radius 2 is 0.937 bits per heavy atom. The summed E-state index contributed by atoms with van der Waals surface area (Å²) in [7, 11) is 0. The van der Waals surface area contributed by atoms with Crippen LogP contribution in [0.4, 0.5) is 74.6 Å². The quantitative estimate of drug-likeness (QED) is 0.0351. The van der Waals surface area contributed by atoms with Gasteiger partial charge in [-0.05, 0) is 79.1 Å². The van der Waals surface area contributed by atoms with E-state index >= 15 is 0 Å². The Labute approximate surface area is 353 Å². The highest BCUT2D eigenvalue weighted by Crippen LogP contribution is 2.64. The lowest BCUT2D eigenvalue weighted by molar-refractivity contribution is -0.462. The summed E-state index contributed by atoms with van der Waals surface area (Å²) in [6.45, 7) is 12.2. The average molecular weight is 937 g/mol. The van der Waals surface area contributed by atoms with Gasteiger partial charge in [-0.3, -0.25) is 4.79 Å². The normalized spacial score (nSPS) is 14.1. The predicted molar refractivity (Wildman–Crippen MR) is 203 cm³/mol. The number of aryl methyl sites for hydroxylation is 1. The predicted octanol–water partition coefficient (Wildman–Crippen LogP) is 15.4. The third-order valence-electron chi connectivity index (χ3n) is 11.0. The highest BCUT2D eigenvalue weighted by molar-refractivity contribution is 6.02. The number of rotatable bonds is 21. The van der Waals surface area contributed by atoms with Crippen molar-refractivity contribution < 1.29 is 88.9 Å². The smallest absolute Gasteiger partial charge is 0.460 e. The fourth-order valence-corrected chi connectivity index (χ4v) is 5.69. The van der Waals surface area contributed by atoms with E-state index in [2.05, 4.69) is 65.9 Å². The number of hydrogen-bond acceptors (Lipinski definition) is 3. The first-order valence-corrected chi connectivity index (χ1v) is 19.6. The topological polar surface area (TPSA) is 35.5 Å². The summed E-state index contributed by atoms with van der Waals surface area (Å²) in [5.41, 5.74) is 0.0754. The van der Waals surface area contributed by atoms with E-state index in [0.29, 0.717) is 6.61 Å². The van der Waals surface area contributed by atoms with Gasteiger partial charge in [0.1, 0.15) is 0 Å². The molecule has 0 unspecified atom stereocenters. The molecule has 0 N–H and O–H groups in total. The third kappa shape index (κ3) is 11.1. The number of unbranched alkanes of at least 4 members (excludes halogenated alkanes) is 3. The van der Waals surface area contributed by atoms with Crippen LogP contribution in [0.15, 0.2) is 66.9 Å². The fourth-order valence-electron chi connectivity index (χ4n) is 5.69. The number of hydrogen-bond donors (Lipinski definition) is 0. The number of halogens is 17. The largest absolute Gasteiger partial charge is 0.498 e. The standard InChI is InChI=1S/C26H32O2.C17H17F17O/c1-4-26(2,3)25(27)28-18-12-6-5-7-17-24-22-15-10-8-13-20(22)19-21-14-9-11-16-23(21)24;1-5-9(3,4)8(2)35-7-6-10(18,19)11(20,21)12(22,23)13(24,25)14(26,27)15(28,29)16(30,31)17(32,33)34/h8-11,13-16,19H,4-7,12,17-18H2,1-3H3;2,5-7H2,1,3-4H3. The lowest BCUT2D eigenvalue weighted by atomic mass is 9.88. The van der Waals surface area contributed by atoms with E-state index in [-0.39, 0.29) is 17.8 Å². The third-order valence-corrected chi connectivity index (χ3v) is 11.0. The highest BCUT2D eigenvalue weighted by atomic mass is 19.4. The number of allylic oxidation sites excluding steroid dienone is 1. The number of benzene rings is 3. The summed E-state index contributed by atoms with van der Waals surface area (Å²) in [4.78, 5) is 12.0. The molecule has 0 saturated carbocycles. The molecule has 3 aromatic rings. The molecule has 3 aromatic carbocycles. The van der Waals surface area contributed by atoms with Crippen molar-refractivity contribution in [3.63, 3.8) is 0 Å². The number of ether oxygens (including phenoxy) is 2. The Hall–Kier alpha value is -4.00. The maximum Gasteiger partial charge on any atom is 0.460 e. The summed E-state index contributed by atoms with van der Waals surface area (Å²) >= 11 is 0. The molecule has 0 amide bonds. The molecule has 0 bridgehead atoms. The van der Waals surface area contributed by atoms with E-state index in [4.69, 9.17) is 4.74 Å². The van der Waals surface area contributed by atoms with Crippen molar-refractivity contribution in [3.05, 3.63) is 72.5 Å². The van der Waals surface area contributed by atoms with Gasteiger partial charge in [-0.2, -0.15) is 74.6 Å². The number of carbonyl (C=O) groups is 1. The van der Waals surface area contributed by atoms with Gasteiger partial charge >= 0.3 is 53.6 Å². The molecule has 0 radical (unpaired) electrons. The number of esters is 1. The van der Waals surface area contributed by atoms with Gasteiger partial charge in [0.05, 0.1) is 30.8 Å². The van der Waals surface area contributed by atoms with Crippen LogP contribution < -0.4 is 0 Å². The average Bonchev–Trinajstić information content (AvgIpc) is 3.19. The zero-order valence-electron chi connectivity index (χ0n) is 35.1. The Morgan fingerprint density at radius 3 is 1.38 bits per heavy atom. The molecule has 63 heavy (non-hydrogen) atoms. The van der Waals surface area contributed by atoms with Crippen molar-refractivity contribution in [2.75, 3.05) is 13.2 Å². The molecule has 0 saturated heterocycles. The summed E-state index contributed by atoms with van der Waals surface area (Å²) in [5.74, 6) is -56.8.